The summed E-state index contributed by atoms with van der Waals surface area (Å²) in [5.41, 5.74) is 1.05. The minimum absolute atomic E-state index is 0.0622. The Labute approximate surface area is 145 Å². The molecule has 1 unspecified atom stereocenters. The van der Waals surface area contributed by atoms with Gasteiger partial charge in [-0.25, -0.2) is 0 Å². The fourth-order valence-electron chi connectivity index (χ4n) is 2.19. The van der Waals surface area contributed by atoms with Crippen molar-refractivity contribution in [3.05, 3.63) is 52.2 Å². The Bertz CT molecular complexity index is 671. The average Bonchev–Trinajstić information content (AvgIpc) is 3.08. The van der Waals surface area contributed by atoms with E-state index >= 15 is 0 Å². The molecule has 1 heterocycles. The van der Waals surface area contributed by atoms with Crippen molar-refractivity contribution in [3.8, 4) is 0 Å². The third-order valence-electron chi connectivity index (χ3n) is 3.47. The molecule has 3 N–H and O–H groups in total. The number of benzene rings is 1. The monoisotopic (exact) mass is 346 g/mol. The van der Waals surface area contributed by atoms with Gasteiger partial charge in [-0.3, -0.25) is 9.59 Å². The minimum Gasteiger partial charge on any atom is -0.394 e. The van der Waals surface area contributed by atoms with Gasteiger partial charge >= 0.3 is 0 Å². The van der Waals surface area contributed by atoms with Crippen molar-refractivity contribution >= 4 is 28.8 Å². The molecule has 1 atom stereocenters. The van der Waals surface area contributed by atoms with Crippen molar-refractivity contribution in [3.63, 3.8) is 0 Å². The van der Waals surface area contributed by atoms with Crippen LogP contribution in [0.5, 0.6) is 0 Å². The molecule has 2 rings (SSSR count). The van der Waals surface area contributed by atoms with Crippen molar-refractivity contribution in [2.75, 3.05) is 11.9 Å². The fourth-order valence-corrected chi connectivity index (χ4v) is 2.94. The van der Waals surface area contributed by atoms with Crippen LogP contribution < -0.4 is 10.6 Å². The number of amides is 2. The van der Waals surface area contributed by atoms with E-state index in [0.717, 1.165) is 12.8 Å². The van der Waals surface area contributed by atoms with Gasteiger partial charge in [0.15, 0.2) is 0 Å². The van der Waals surface area contributed by atoms with E-state index in [-0.39, 0.29) is 24.5 Å². The summed E-state index contributed by atoms with van der Waals surface area (Å²) in [5, 5.41) is 16.5. The lowest BCUT2D eigenvalue weighted by atomic mass is 10.1. The highest BCUT2D eigenvalue weighted by atomic mass is 32.1. The molecule has 0 spiro atoms. The SMILES string of the molecule is CC(CO)NC(=O)c1cccc(NC(=O)CCCc2cccs2)c1. The van der Waals surface area contributed by atoms with Gasteiger partial charge in [0, 0.05) is 28.6 Å². The van der Waals surface area contributed by atoms with Crippen molar-refractivity contribution in [1.82, 2.24) is 5.32 Å². The maximum Gasteiger partial charge on any atom is 0.251 e. The fraction of sp³-hybridized carbons (Fsp3) is 0.333. The summed E-state index contributed by atoms with van der Waals surface area (Å²) in [7, 11) is 0. The largest absolute Gasteiger partial charge is 0.394 e. The van der Waals surface area contributed by atoms with Gasteiger partial charge in [-0.05, 0) is 49.4 Å². The number of hydrogen-bond acceptors (Lipinski definition) is 4. The van der Waals surface area contributed by atoms with E-state index in [9.17, 15) is 9.59 Å². The Kier molecular flexibility index (Phi) is 6.96. The molecule has 0 aliphatic heterocycles. The van der Waals surface area contributed by atoms with Crippen molar-refractivity contribution in [2.45, 2.75) is 32.2 Å². The first kappa shape index (κ1) is 18.2. The van der Waals surface area contributed by atoms with Gasteiger partial charge in [-0.2, -0.15) is 0 Å². The van der Waals surface area contributed by atoms with Crippen molar-refractivity contribution in [2.24, 2.45) is 0 Å². The Morgan fingerprint density at radius 1 is 1.25 bits per heavy atom. The van der Waals surface area contributed by atoms with Crippen LogP contribution in [0.3, 0.4) is 0 Å². The van der Waals surface area contributed by atoms with Gasteiger partial charge in [-0.1, -0.05) is 12.1 Å². The van der Waals surface area contributed by atoms with E-state index in [1.807, 2.05) is 11.4 Å². The van der Waals surface area contributed by atoms with Gasteiger partial charge in [0.2, 0.25) is 5.91 Å². The molecule has 0 radical (unpaired) electrons. The molecule has 0 aliphatic carbocycles. The summed E-state index contributed by atoms with van der Waals surface area (Å²) in [6.45, 7) is 1.60. The molecule has 6 heteroatoms. The Morgan fingerprint density at radius 2 is 2.08 bits per heavy atom. The second-order valence-corrected chi connectivity index (χ2v) is 6.65. The number of carbonyl (C=O) groups is 2. The molecule has 0 bridgehead atoms. The second kappa shape index (κ2) is 9.20. The molecule has 5 nitrogen and oxygen atoms in total. The summed E-state index contributed by atoms with van der Waals surface area (Å²) in [6, 6.07) is 10.5. The van der Waals surface area contributed by atoms with E-state index in [1.165, 1.54) is 4.88 Å². The molecule has 2 aromatic rings. The minimum atomic E-state index is -0.312. The first-order valence-corrected chi connectivity index (χ1v) is 8.80. The summed E-state index contributed by atoms with van der Waals surface area (Å²) >= 11 is 1.70. The quantitative estimate of drug-likeness (QED) is 0.688. The number of aryl methyl sites for hydroxylation is 1. The number of nitrogens with one attached hydrogen (secondary N) is 2. The molecule has 0 saturated carbocycles. The van der Waals surface area contributed by atoms with Crippen molar-refractivity contribution in [1.29, 1.82) is 0 Å². The Morgan fingerprint density at radius 3 is 2.79 bits per heavy atom. The molecule has 1 aromatic carbocycles. The molecule has 1 aromatic heterocycles. The van der Waals surface area contributed by atoms with Crippen LogP contribution in [0, 0.1) is 0 Å². The summed E-state index contributed by atoms with van der Waals surface area (Å²) in [5.74, 6) is -0.335. The number of aliphatic hydroxyl groups is 1. The summed E-state index contributed by atoms with van der Waals surface area (Å²) < 4.78 is 0. The maximum absolute atomic E-state index is 12.0. The molecule has 0 saturated heterocycles. The zero-order chi connectivity index (χ0) is 17.4. The Balaban J connectivity index is 1.84. The molecule has 0 fully saturated rings. The zero-order valence-corrected chi connectivity index (χ0v) is 14.4. The van der Waals surface area contributed by atoms with Crippen LogP contribution in [0.1, 0.15) is 35.0 Å². The summed E-state index contributed by atoms with van der Waals surface area (Å²) in [4.78, 5) is 25.3. The van der Waals surface area contributed by atoms with E-state index < -0.39 is 0 Å². The van der Waals surface area contributed by atoms with Crippen LogP contribution >= 0.6 is 11.3 Å². The van der Waals surface area contributed by atoms with Gasteiger partial charge < -0.3 is 15.7 Å². The van der Waals surface area contributed by atoms with Crippen LogP contribution in [-0.4, -0.2) is 29.6 Å². The lowest BCUT2D eigenvalue weighted by Crippen LogP contribution is -2.35. The van der Waals surface area contributed by atoms with Crippen LogP contribution in [0.2, 0.25) is 0 Å². The molecule has 0 aliphatic rings. The number of hydrogen-bond donors (Lipinski definition) is 3. The predicted octanol–water partition coefficient (Wildman–Crippen LogP) is 2.82. The van der Waals surface area contributed by atoms with Crippen LogP contribution in [0.4, 0.5) is 5.69 Å². The average molecular weight is 346 g/mol. The zero-order valence-electron chi connectivity index (χ0n) is 13.6. The number of rotatable bonds is 8. The van der Waals surface area contributed by atoms with Crippen LogP contribution in [0.15, 0.2) is 41.8 Å². The number of aliphatic hydroxyl groups excluding tert-OH is 1. The number of thiophene rings is 1. The third-order valence-corrected chi connectivity index (χ3v) is 4.40. The van der Waals surface area contributed by atoms with Crippen LogP contribution in [-0.2, 0) is 11.2 Å². The number of carbonyl (C=O) groups excluding carboxylic acids is 2. The molecular formula is C18H22N2O3S. The smallest absolute Gasteiger partial charge is 0.251 e. The van der Waals surface area contributed by atoms with Crippen molar-refractivity contribution < 1.29 is 14.7 Å². The normalized spacial score (nSPS) is 11.8. The molecular weight excluding hydrogens is 324 g/mol. The highest BCUT2D eigenvalue weighted by molar-refractivity contribution is 7.09. The molecule has 2 amide bonds. The first-order chi connectivity index (χ1) is 11.6. The second-order valence-electron chi connectivity index (χ2n) is 5.62. The third kappa shape index (κ3) is 5.79. The van der Waals surface area contributed by atoms with E-state index in [1.54, 1.807) is 42.5 Å². The lowest BCUT2D eigenvalue weighted by molar-refractivity contribution is -0.116. The Hall–Kier alpha value is -2.18. The van der Waals surface area contributed by atoms with E-state index in [2.05, 4.69) is 16.7 Å². The predicted molar refractivity (Wildman–Crippen MR) is 96.3 cm³/mol. The summed E-state index contributed by atoms with van der Waals surface area (Å²) in [6.07, 6.45) is 2.13. The van der Waals surface area contributed by atoms with Gasteiger partial charge in [0.05, 0.1) is 6.61 Å². The van der Waals surface area contributed by atoms with Crippen LogP contribution in [0.25, 0.3) is 0 Å². The standard InChI is InChI=1S/C18H22N2O3S/c1-13(12-21)19-18(23)14-5-2-6-15(11-14)20-17(22)9-3-7-16-8-4-10-24-16/h2,4-6,8,10-11,13,21H,3,7,9,12H2,1H3,(H,19,23)(H,20,22). The highest BCUT2D eigenvalue weighted by Gasteiger charge is 2.10. The van der Waals surface area contributed by atoms with Gasteiger partial charge in [0.25, 0.3) is 5.91 Å². The highest BCUT2D eigenvalue weighted by Crippen LogP contribution is 2.14. The maximum atomic E-state index is 12.0. The molecule has 128 valence electrons. The van der Waals surface area contributed by atoms with Gasteiger partial charge in [0.1, 0.15) is 0 Å². The first-order valence-electron chi connectivity index (χ1n) is 7.92. The van der Waals surface area contributed by atoms with E-state index in [0.29, 0.717) is 17.7 Å². The van der Waals surface area contributed by atoms with Gasteiger partial charge in [-0.15, -0.1) is 11.3 Å². The van der Waals surface area contributed by atoms with E-state index in [4.69, 9.17) is 5.11 Å². The molecule has 24 heavy (non-hydrogen) atoms. The number of anilines is 1. The topological polar surface area (TPSA) is 78.4 Å². The lowest BCUT2D eigenvalue weighted by Gasteiger charge is -2.12.